The fourth-order valence-electron chi connectivity index (χ4n) is 2.71. The molecule has 2 unspecified atom stereocenters. The van der Waals surface area contributed by atoms with Gasteiger partial charge in [-0.3, -0.25) is 10.1 Å². The van der Waals surface area contributed by atoms with Crippen molar-refractivity contribution < 1.29 is 13.3 Å². The minimum atomic E-state index is -2.97. The molecule has 1 aliphatic rings. The van der Waals surface area contributed by atoms with E-state index in [9.17, 15) is 18.5 Å². The zero-order chi connectivity index (χ0) is 15.5. The molecule has 116 valence electrons. The minimum absolute atomic E-state index is 0.0567. The number of benzene rings is 1. The Bertz CT molecular complexity index is 615. The molecule has 2 atom stereocenters. The van der Waals surface area contributed by atoms with Crippen molar-refractivity contribution in [2.45, 2.75) is 37.5 Å². The first-order valence-corrected chi connectivity index (χ1v) is 8.85. The van der Waals surface area contributed by atoms with Crippen LogP contribution in [0.3, 0.4) is 0 Å². The minimum Gasteiger partial charge on any atom is -0.309 e. The van der Waals surface area contributed by atoms with Gasteiger partial charge in [-0.15, -0.1) is 0 Å². The first kappa shape index (κ1) is 15.9. The van der Waals surface area contributed by atoms with Crippen LogP contribution in [0, 0.1) is 10.1 Å². The molecule has 21 heavy (non-hydrogen) atoms. The molecule has 1 saturated heterocycles. The van der Waals surface area contributed by atoms with E-state index in [1.54, 1.807) is 12.1 Å². The number of non-ortho nitro benzene ring substituents is 1. The van der Waals surface area contributed by atoms with Gasteiger partial charge in [-0.25, -0.2) is 8.42 Å². The maximum atomic E-state index is 11.8. The number of nitrogens with zero attached hydrogens (tertiary/aromatic N) is 1. The monoisotopic (exact) mass is 312 g/mol. The molecule has 0 aromatic heterocycles. The lowest BCUT2D eigenvalue weighted by atomic mass is 10.0. The summed E-state index contributed by atoms with van der Waals surface area (Å²) in [6, 6.07) is 6.42. The van der Waals surface area contributed by atoms with E-state index >= 15 is 0 Å². The van der Waals surface area contributed by atoms with Crippen molar-refractivity contribution >= 4 is 15.5 Å². The molecule has 1 fully saturated rings. The molecule has 0 spiro atoms. The average Bonchev–Trinajstić information content (AvgIpc) is 2.79. The summed E-state index contributed by atoms with van der Waals surface area (Å²) in [4.78, 5) is 10.4. The Balaban J connectivity index is 2.06. The van der Waals surface area contributed by atoms with E-state index in [0.29, 0.717) is 13.0 Å². The first-order chi connectivity index (χ1) is 9.94. The van der Waals surface area contributed by atoms with Gasteiger partial charge in [-0.05, 0) is 24.8 Å². The number of rotatable bonds is 6. The van der Waals surface area contributed by atoms with Gasteiger partial charge in [0.15, 0.2) is 9.84 Å². The number of hydrogen-bond acceptors (Lipinski definition) is 5. The highest BCUT2D eigenvalue weighted by molar-refractivity contribution is 7.92. The van der Waals surface area contributed by atoms with Crippen LogP contribution in [0.2, 0.25) is 0 Å². The van der Waals surface area contributed by atoms with Crippen LogP contribution in [0.5, 0.6) is 0 Å². The van der Waals surface area contributed by atoms with Crippen LogP contribution >= 0.6 is 0 Å². The van der Waals surface area contributed by atoms with Crippen LogP contribution in [0.4, 0.5) is 5.69 Å². The highest BCUT2D eigenvalue weighted by atomic mass is 32.2. The molecule has 2 rings (SSSR count). The second-order valence-electron chi connectivity index (χ2n) is 5.35. The molecule has 0 radical (unpaired) electrons. The van der Waals surface area contributed by atoms with Crippen molar-refractivity contribution in [3.63, 3.8) is 0 Å². The molecule has 1 aromatic carbocycles. The fraction of sp³-hybridized carbons (Fsp3) is 0.571. The second-order valence-corrected chi connectivity index (χ2v) is 7.75. The highest BCUT2D eigenvalue weighted by Gasteiger charge is 2.31. The summed E-state index contributed by atoms with van der Waals surface area (Å²) in [5.74, 6) is 0.271. The highest BCUT2D eigenvalue weighted by Crippen LogP contribution is 2.24. The van der Waals surface area contributed by atoms with E-state index in [1.165, 1.54) is 6.07 Å². The Kier molecular flexibility index (Phi) is 4.95. The number of hydrogen-bond donors (Lipinski definition) is 1. The molecule has 0 bridgehead atoms. The molecule has 0 amide bonds. The van der Waals surface area contributed by atoms with E-state index in [-0.39, 0.29) is 22.7 Å². The van der Waals surface area contributed by atoms with Crippen LogP contribution in [-0.4, -0.2) is 30.9 Å². The van der Waals surface area contributed by atoms with Crippen molar-refractivity contribution in [2.75, 3.05) is 12.3 Å². The Morgan fingerprint density at radius 2 is 2.24 bits per heavy atom. The molecule has 1 N–H and O–H groups in total. The summed E-state index contributed by atoms with van der Waals surface area (Å²) in [5, 5.41) is 13.7. The van der Waals surface area contributed by atoms with E-state index in [4.69, 9.17) is 0 Å². The topological polar surface area (TPSA) is 89.3 Å². The van der Waals surface area contributed by atoms with Crippen molar-refractivity contribution in [1.82, 2.24) is 5.32 Å². The number of sulfone groups is 1. The molecule has 6 nitrogen and oxygen atoms in total. The van der Waals surface area contributed by atoms with Crippen molar-refractivity contribution in [2.24, 2.45) is 0 Å². The van der Waals surface area contributed by atoms with Gasteiger partial charge in [0.1, 0.15) is 0 Å². The third-order valence-electron chi connectivity index (χ3n) is 3.95. The molecular weight excluding hydrogens is 292 g/mol. The second kappa shape index (κ2) is 6.53. The Labute approximate surface area is 124 Å². The summed E-state index contributed by atoms with van der Waals surface area (Å²) in [6.07, 6.45) is 2.16. The van der Waals surface area contributed by atoms with Gasteiger partial charge in [0, 0.05) is 24.7 Å². The molecule has 0 saturated carbocycles. The van der Waals surface area contributed by atoms with Crippen LogP contribution < -0.4 is 5.32 Å². The molecule has 1 aliphatic heterocycles. The molecule has 1 aromatic rings. The summed E-state index contributed by atoms with van der Waals surface area (Å²) in [6.45, 7) is 2.38. The van der Waals surface area contributed by atoms with E-state index in [1.807, 2.05) is 13.0 Å². The van der Waals surface area contributed by atoms with Gasteiger partial charge in [0.05, 0.1) is 15.9 Å². The summed E-state index contributed by atoms with van der Waals surface area (Å²) in [7, 11) is -2.97. The van der Waals surface area contributed by atoms with Gasteiger partial charge >= 0.3 is 0 Å². The van der Waals surface area contributed by atoms with Gasteiger partial charge in [-0.2, -0.15) is 0 Å². The van der Waals surface area contributed by atoms with Crippen LogP contribution in [0.25, 0.3) is 0 Å². The summed E-state index contributed by atoms with van der Waals surface area (Å²) < 4.78 is 23.6. The van der Waals surface area contributed by atoms with Crippen molar-refractivity contribution in [3.8, 4) is 0 Å². The third kappa shape index (κ3) is 3.79. The van der Waals surface area contributed by atoms with Crippen LogP contribution in [-0.2, 0) is 9.84 Å². The SMILES string of the molecule is CCC(NCC1CCCS1(=O)=O)c1cccc([N+](=O)[O-])c1. The lowest BCUT2D eigenvalue weighted by Gasteiger charge is -2.19. The zero-order valence-electron chi connectivity index (χ0n) is 12.0. The van der Waals surface area contributed by atoms with Crippen LogP contribution in [0.15, 0.2) is 24.3 Å². The average molecular weight is 312 g/mol. The number of nitro groups is 1. The smallest absolute Gasteiger partial charge is 0.269 e. The Morgan fingerprint density at radius 1 is 1.48 bits per heavy atom. The molecule has 1 heterocycles. The number of nitro benzene ring substituents is 1. The molecule has 0 aliphatic carbocycles. The number of nitrogens with one attached hydrogen (secondary N) is 1. The van der Waals surface area contributed by atoms with Gasteiger partial charge in [0.2, 0.25) is 0 Å². The van der Waals surface area contributed by atoms with E-state index in [0.717, 1.165) is 18.4 Å². The van der Waals surface area contributed by atoms with Gasteiger partial charge < -0.3 is 5.32 Å². The maximum absolute atomic E-state index is 11.8. The van der Waals surface area contributed by atoms with Crippen LogP contribution in [0.1, 0.15) is 37.8 Å². The zero-order valence-corrected chi connectivity index (χ0v) is 12.8. The predicted octanol–water partition coefficient (Wildman–Crippen LogP) is 2.21. The van der Waals surface area contributed by atoms with E-state index in [2.05, 4.69) is 5.32 Å². The Morgan fingerprint density at radius 3 is 2.81 bits per heavy atom. The quantitative estimate of drug-likeness (QED) is 0.642. The maximum Gasteiger partial charge on any atom is 0.269 e. The lowest BCUT2D eigenvalue weighted by molar-refractivity contribution is -0.384. The summed E-state index contributed by atoms with van der Waals surface area (Å²) >= 11 is 0. The molecular formula is C14H20N2O4S. The van der Waals surface area contributed by atoms with Gasteiger partial charge in [0.25, 0.3) is 5.69 Å². The third-order valence-corrected chi connectivity index (χ3v) is 6.22. The molecule has 7 heteroatoms. The van der Waals surface area contributed by atoms with Crippen molar-refractivity contribution in [3.05, 3.63) is 39.9 Å². The fourth-order valence-corrected chi connectivity index (χ4v) is 4.49. The summed E-state index contributed by atoms with van der Waals surface area (Å²) in [5.41, 5.74) is 0.878. The van der Waals surface area contributed by atoms with Gasteiger partial charge in [-0.1, -0.05) is 19.1 Å². The van der Waals surface area contributed by atoms with Crippen molar-refractivity contribution in [1.29, 1.82) is 0 Å². The normalized spacial score (nSPS) is 22.0. The Hall–Kier alpha value is -1.47. The van der Waals surface area contributed by atoms with E-state index < -0.39 is 14.8 Å². The lowest BCUT2D eigenvalue weighted by Crippen LogP contribution is -2.33. The first-order valence-electron chi connectivity index (χ1n) is 7.13. The standard InChI is InChI=1S/C14H20N2O4S/c1-2-14(11-5-3-6-12(9-11)16(17)18)15-10-13-7-4-8-21(13,19)20/h3,5-6,9,13-15H,2,4,7-8,10H2,1H3. The largest absolute Gasteiger partial charge is 0.309 e. The predicted molar refractivity (Wildman–Crippen MR) is 80.9 cm³/mol.